The predicted octanol–water partition coefficient (Wildman–Crippen LogP) is 3.22. The van der Waals surface area contributed by atoms with Crippen LogP contribution >= 0.6 is 0 Å². The fourth-order valence-corrected chi connectivity index (χ4v) is 4.31. The highest BCUT2D eigenvalue weighted by molar-refractivity contribution is 7.92. The lowest BCUT2D eigenvalue weighted by Crippen LogP contribution is -2.37. The van der Waals surface area contributed by atoms with Gasteiger partial charge in [-0.15, -0.1) is 0 Å². The third-order valence-electron chi connectivity index (χ3n) is 4.96. The number of nitrogen functional groups attached to an aromatic ring is 1. The summed E-state index contributed by atoms with van der Waals surface area (Å²) in [5.74, 6) is 5.39. The smallest absolute Gasteiger partial charge is 0.277 e. The molecule has 4 aromatic rings. The first-order valence-electron chi connectivity index (χ1n) is 9.13. The Morgan fingerprint density at radius 2 is 1.68 bits per heavy atom. The van der Waals surface area contributed by atoms with E-state index in [2.05, 4.69) is 10.2 Å². The second-order valence-corrected chi connectivity index (χ2v) is 8.70. The number of ketones is 1. The number of hydrogen-bond donors (Lipinski definition) is 3. The molecule has 0 aliphatic heterocycles. The number of rotatable bonds is 5. The molecule has 0 unspecified atom stereocenters. The molecule has 0 saturated carbocycles. The van der Waals surface area contributed by atoms with Gasteiger partial charge >= 0.3 is 0 Å². The number of carbonyl (C=O) groups is 1. The highest BCUT2D eigenvalue weighted by Gasteiger charge is 2.23. The van der Waals surface area contributed by atoms with Crippen LogP contribution in [0.15, 0.2) is 65.6 Å². The van der Waals surface area contributed by atoms with E-state index >= 15 is 0 Å². The Morgan fingerprint density at radius 3 is 2.29 bits per heavy atom. The van der Waals surface area contributed by atoms with Gasteiger partial charge < -0.3 is 5.73 Å². The van der Waals surface area contributed by atoms with Crippen LogP contribution in [-0.4, -0.2) is 24.4 Å². The van der Waals surface area contributed by atoms with Crippen molar-refractivity contribution in [3.05, 3.63) is 72.0 Å². The minimum Gasteiger partial charge on any atom is -0.382 e. The zero-order valence-corrected chi connectivity index (χ0v) is 17.2. The number of hydrazine groups is 1. The molecule has 5 N–H and O–H groups in total. The minimum absolute atomic E-state index is 0.0580. The van der Waals surface area contributed by atoms with Crippen LogP contribution in [0.25, 0.3) is 22.0 Å². The summed E-state index contributed by atoms with van der Waals surface area (Å²) in [6.45, 7) is 1.39. The van der Waals surface area contributed by atoms with Crippen molar-refractivity contribution in [2.24, 2.45) is 5.84 Å². The van der Waals surface area contributed by atoms with Gasteiger partial charge in [0.05, 0.1) is 10.6 Å². The fraction of sp³-hybridized carbons (Fsp3) is 0.0476. The number of halogens is 1. The number of carbonyl (C=O) groups excluding carboxylic acids is 1. The fourth-order valence-electron chi connectivity index (χ4n) is 3.20. The number of fused-ring (bicyclic) bond motifs is 1. The number of nitrogens with one attached hydrogen (secondary N) is 1. The summed E-state index contributed by atoms with van der Waals surface area (Å²) in [6.07, 6.45) is 0. The number of hydrogen-bond acceptors (Lipinski definition) is 6. The molecule has 0 saturated heterocycles. The van der Waals surface area contributed by atoms with Crippen LogP contribution in [0, 0.1) is 5.82 Å². The third-order valence-corrected chi connectivity index (χ3v) is 6.55. The molecule has 3 aromatic carbocycles. The van der Waals surface area contributed by atoms with Gasteiger partial charge in [-0.25, -0.2) is 14.6 Å². The number of nitrogens with two attached hydrogens (primary N) is 2. The largest absolute Gasteiger partial charge is 0.382 e. The molecule has 0 radical (unpaired) electrons. The number of nitrogens with zero attached hydrogens (tertiary/aromatic N) is 2. The Kier molecular flexibility index (Phi) is 4.96. The monoisotopic (exact) mass is 439 g/mol. The van der Waals surface area contributed by atoms with Crippen molar-refractivity contribution < 1.29 is 17.6 Å². The van der Waals surface area contributed by atoms with Gasteiger partial charge in [-0.2, -0.15) is 13.5 Å². The van der Waals surface area contributed by atoms with E-state index in [9.17, 15) is 17.6 Å². The molecule has 0 spiro atoms. The van der Waals surface area contributed by atoms with Crippen LogP contribution in [0.5, 0.6) is 0 Å². The first kappa shape index (κ1) is 20.5. The molecule has 0 amide bonds. The Labute approximate surface area is 177 Å². The van der Waals surface area contributed by atoms with Crippen molar-refractivity contribution in [3.8, 4) is 11.1 Å². The summed E-state index contributed by atoms with van der Waals surface area (Å²) >= 11 is 0. The summed E-state index contributed by atoms with van der Waals surface area (Å²) in [5, 5.41) is 6.85. The SMILES string of the molecule is CC(=O)c1ccc(S(=O)(=O)N(N)c2ccc(-c3ccc4c(N)n[nH]c4c3F)cc2)cc1. The van der Waals surface area contributed by atoms with Crippen LogP contribution < -0.4 is 16.0 Å². The van der Waals surface area contributed by atoms with E-state index in [0.29, 0.717) is 26.5 Å². The number of anilines is 2. The van der Waals surface area contributed by atoms with Gasteiger partial charge in [-0.3, -0.25) is 9.89 Å². The minimum atomic E-state index is -4.05. The summed E-state index contributed by atoms with van der Waals surface area (Å²) in [6, 6.07) is 14.8. The van der Waals surface area contributed by atoms with Crippen LogP contribution in [-0.2, 0) is 10.0 Å². The standard InChI is InChI=1S/C21H18FN5O3S/c1-12(28)13-4-8-16(9-5-13)31(29,30)27(24)15-6-2-14(3-7-15)17-10-11-18-20(19(17)22)25-26-21(18)23/h2-11H,24H2,1H3,(H3,23,25,26). The van der Waals surface area contributed by atoms with E-state index in [-0.39, 0.29) is 27.7 Å². The summed E-state index contributed by atoms with van der Waals surface area (Å²) in [4.78, 5) is 11.3. The second-order valence-electron chi connectivity index (χ2n) is 6.89. The number of H-pyrrole nitrogens is 1. The molecule has 0 bridgehead atoms. The summed E-state index contributed by atoms with van der Waals surface area (Å²) in [5.41, 5.74) is 7.29. The molecule has 0 fully saturated rings. The van der Waals surface area contributed by atoms with Crippen LogP contribution in [0.3, 0.4) is 0 Å². The van der Waals surface area contributed by atoms with Crippen LogP contribution in [0.1, 0.15) is 17.3 Å². The van der Waals surface area contributed by atoms with Gasteiger partial charge in [0, 0.05) is 16.5 Å². The molecule has 31 heavy (non-hydrogen) atoms. The molecular weight excluding hydrogens is 421 g/mol. The lowest BCUT2D eigenvalue weighted by molar-refractivity contribution is 0.101. The molecule has 4 rings (SSSR count). The average Bonchev–Trinajstić information content (AvgIpc) is 3.15. The number of Topliss-reactive ketones (excluding diaryl/α,β-unsaturated/α-hetero) is 1. The van der Waals surface area contributed by atoms with Gasteiger partial charge in [0.1, 0.15) is 5.52 Å². The van der Waals surface area contributed by atoms with Crippen LogP contribution in [0.4, 0.5) is 15.9 Å². The topological polar surface area (TPSA) is 135 Å². The molecule has 0 atom stereocenters. The van der Waals surface area contributed by atoms with Gasteiger partial charge in [-0.1, -0.05) is 30.3 Å². The summed E-state index contributed by atoms with van der Waals surface area (Å²) in [7, 11) is -4.05. The number of benzene rings is 3. The normalized spacial score (nSPS) is 11.6. The molecule has 10 heteroatoms. The van der Waals surface area contributed by atoms with Gasteiger partial charge in [-0.05, 0) is 42.8 Å². The molecule has 0 aliphatic rings. The molecule has 8 nitrogen and oxygen atoms in total. The van der Waals surface area contributed by atoms with Crippen molar-refractivity contribution in [2.75, 3.05) is 10.1 Å². The van der Waals surface area contributed by atoms with Gasteiger partial charge in [0.2, 0.25) is 0 Å². The highest BCUT2D eigenvalue weighted by Crippen LogP contribution is 2.31. The third kappa shape index (κ3) is 3.51. The van der Waals surface area contributed by atoms with Crippen molar-refractivity contribution >= 4 is 38.2 Å². The zero-order valence-electron chi connectivity index (χ0n) is 16.3. The lowest BCUT2D eigenvalue weighted by Gasteiger charge is -2.19. The van der Waals surface area contributed by atoms with E-state index in [1.165, 1.54) is 43.3 Å². The number of sulfonamides is 1. The van der Waals surface area contributed by atoms with Crippen molar-refractivity contribution in [1.82, 2.24) is 10.2 Å². The highest BCUT2D eigenvalue weighted by atomic mass is 32.2. The van der Waals surface area contributed by atoms with Crippen molar-refractivity contribution in [2.45, 2.75) is 11.8 Å². The van der Waals surface area contributed by atoms with E-state index in [1.807, 2.05) is 0 Å². The van der Waals surface area contributed by atoms with E-state index < -0.39 is 15.8 Å². The van der Waals surface area contributed by atoms with Crippen molar-refractivity contribution in [1.29, 1.82) is 0 Å². The molecule has 1 heterocycles. The Morgan fingerprint density at radius 1 is 1.03 bits per heavy atom. The molecule has 0 aliphatic carbocycles. The van der Waals surface area contributed by atoms with Crippen LogP contribution in [0.2, 0.25) is 0 Å². The zero-order chi connectivity index (χ0) is 22.3. The number of aromatic amines is 1. The summed E-state index contributed by atoms with van der Waals surface area (Å²) < 4.78 is 41.1. The lowest BCUT2D eigenvalue weighted by atomic mass is 10.0. The maximum Gasteiger partial charge on any atom is 0.277 e. The Bertz CT molecular complexity index is 1400. The first-order valence-corrected chi connectivity index (χ1v) is 10.6. The quantitative estimate of drug-likeness (QED) is 0.248. The van der Waals surface area contributed by atoms with E-state index in [4.69, 9.17) is 11.6 Å². The van der Waals surface area contributed by atoms with Gasteiger partial charge in [0.25, 0.3) is 10.0 Å². The number of aromatic nitrogens is 2. The predicted molar refractivity (Wildman–Crippen MR) is 116 cm³/mol. The first-order chi connectivity index (χ1) is 14.7. The maximum absolute atomic E-state index is 14.8. The van der Waals surface area contributed by atoms with Crippen molar-refractivity contribution in [3.63, 3.8) is 0 Å². The molecule has 158 valence electrons. The molecular formula is C21H18FN5O3S. The van der Waals surface area contributed by atoms with E-state index in [1.54, 1.807) is 24.3 Å². The Hall–Kier alpha value is -3.76. The second kappa shape index (κ2) is 7.49. The Balaban J connectivity index is 1.64. The average molecular weight is 439 g/mol. The van der Waals surface area contributed by atoms with Gasteiger partial charge in [0.15, 0.2) is 17.4 Å². The van der Waals surface area contributed by atoms with E-state index in [0.717, 1.165) is 0 Å². The molecule has 1 aromatic heterocycles. The maximum atomic E-state index is 14.8.